The minimum Gasteiger partial charge on any atom is -0.364 e. The lowest BCUT2D eigenvalue weighted by Gasteiger charge is -2.24. The summed E-state index contributed by atoms with van der Waals surface area (Å²) in [6.45, 7) is 6.66. The summed E-state index contributed by atoms with van der Waals surface area (Å²) in [5.74, 6) is 0.885. The van der Waals surface area contributed by atoms with E-state index in [-0.39, 0.29) is 5.54 Å². The SMILES string of the molecule is Cc1cccc(NC(C)(C)CN)n1. The number of anilines is 1. The van der Waals surface area contributed by atoms with Gasteiger partial charge in [0.25, 0.3) is 0 Å². The maximum atomic E-state index is 5.60. The third-order valence-corrected chi connectivity index (χ3v) is 1.87. The van der Waals surface area contributed by atoms with Gasteiger partial charge in [0.2, 0.25) is 0 Å². The molecule has 0 aromatic carbocycles. The van der Waals surface area contributed by atoms with E-state index in [4.69, 9.17) is 5.73 Å². The van der Waals surface area contributed by atoms with Crippen LogP contribution in [0.5, 0.6) is 0 Å². The molecule has 1 rings (SSSR count). The van der Waals surface area contributed by atoms with E-state index in [1.165, 1.54) is 0 Å². The molecule has 1 aromatic rings. The molecule has 0 aliphatic rings. The normalized spacial score (nSPS) is 11.4. The third kappa shape index (κ3) is 3.03. The van der Waals surface area contributed by atoms with Crippen LogP contribution in [0.1, 0.15) is 19.5 Å². The van der Waals surface area contributed by atoms with Crippen LogP contribution < -0.4 is 11.1 Å². The minimum absolute atomic E-state index is 0.0964. The maximum Gasteiger partial charge on any atom is 0.126 e. The Kier molecular flexibility index (Phi) is 2.88. The number of rotatable bonds is 3. The summed E-state index contributed by atoms with van der Waals surface area (Å²) in [7, 11) is 0. The van der Waals surface area contributed by atoms with E-state index >= 15 is 0 Å². The number of pyridine rings is 1. The molecule has 3 heteroatoms. The summed E-state index contributed by atoms with van der Waals surface area (Å²) in [5.41, 5.74) is 6.52. The van der Waals surface area contributed by atoms with Crippen molar-refractivity contribution in [3.63, 3.8) is 0 Å². The van der Waals surface area contributed by atoms with Crippen molar-refractivity contribution >= 4 is 5.82 Å². The molecule has 0 aliphatic carbocycles. The fraction of sp³-hybridized carbons (Fsp3) is 0.500. The Morgan fingerprint density at radius 2 is 2.15 bits per heavy atom. The molecule has 1 aromatic heterocycles. The van der Waals surface area contributed by atoms with E-state index in [0.717, 1.165) is 11.5 Å². The van der Waals surface area contributed by atoms with Gasteiger partial charge in [-0.1, -0.05) is 6.07 Å². The smallest absolute Gasteiger partial charge is 0.126 e. The van der Waals surface area contributed by atoms with Crippen LogP contribution in [0.25, 0.3) is 0 Å². The van der Waals surface area contributed by atoms with E-state index in [1.54, 1.807) is 0 Å². The van der Waals surface area contributed by atoms with Crippen molar-refractivity contribution in [3.05, 3.63) is 23.9 Å². The lowest BCUT2D eigenvalue weighted by Crippen LogP contribution is -2.39. The molecule has 13 heavy (non-hydrogen) atoms. The van der Waals surface area contributed by atoms with Crippen molar-refractivity contribution in [1.29, 1.82) is 0 Å². The number of aromatic nitrogens is 1. The predicted molar refractivity (Wildman–Crippen MR) is 55.7 cm³/mol. The summed E-state index contributed by atoms with van der Waals surface area (Å²) < 4.78 is 0. The predicted octanol–water partition coefficient (Wildman–Crippen LogP) is 1.54. The Balaban J connectivity index is 2.74. The van der Waals surface area contributed by atoms with Crippen molar-refractivity contribution in [1.82, 2.24) is 4.98 Å². The molecule has 72 valence electrons. The maximum absolute atomic E-state index is 5.60. The average molecular weight is 179 g/mol. The zero-order valence-electron chi connectivity index (χ0n) is 8.46. The van der Waals surface area contributed by atoms with E-state index in [1.807, 2.05) is 25.1 Å². The van der Waals surface area contributed by atoms with Crippen LogP contribution in [0.2, 0.25) is 0 Å². The highest BCUT2D eigenvalue weighted by molar-refractivity contribution is 5.37. The molecule has 0 fully saturated rings. The second-order valence-corrected chi connectivity index (χ2v) is 3.88. The zero-order chi connectivity index (χ0) is 9.90. The van der Waals surface area contributed by atoms with Crippen molar-refractivity contribution in [3.8, 4) is 0 Å². The highest BCUT2D eigenvalue weighted by Crippen LogP contribution is 2.11. The quantitative estimate of drug-likeness (QED) is 0.740. The van der Waals surface area contributed by atoms with Gasteiger partial charge in [-0.3, -0.25) is 0 Å². The van der Waals surface area contributed by atoms with Crippen LogP contribution in [0.15, 0.2) is 18.2 Å². The van der Waals surface area contributed by atoms with Gasteiger partial charge in [-0.05, 0) is 32.9 Å². The molecule has 0 amide bonds. The zero-order valence-corrected chi connectivity index (χ0v) is 8.46. The van der Waals surface area contributed by atoms with Crippen LogP contribution in [-0.4, -0.2) is 17.1 Å². The van der Waals surface area contributed by atoms with E-state index in [0.29, 0.717) is 6.54 Å². The Bertz CT molecular complexity index is 281. The third-order valence-electron chi connectivity index (χ3n) is 1.87. The van der Waals surface area contributed by atoms with Crippen LogP contribution >= 0.6 is 0 Å². The highest BCUT2D eigenvalue weighted by Gasteiger charge is 2.14. The van der Waals surface area contributed by atoms with E-state index < -0.39 is 0 Å². The fourth-order valence-corrected chi connectivity index (χ4v) is 1.01. The summed E-state index contributed by atoms with van der Waals surface area (Å²) in [5, 5.41) is 3.27. The molecule has 0 bridgehead atoms. The molecule has 0 radical (unpaired) electrons. The van der Waals surface area contributed by atoms with Crippen LogP contribution in [0.4, 0.5) is 5.82 Å². The number of nitrogens with two attached hydrogens (primary N) is 1. The van der Waals surface area contributed by atoms with Gasteiger partial charge < -0.3 is 11.1 Å². The summed E-state index contributed by atoms with van der Waals surface area (Å²) >= 11 is 0. The number of aryl methyl sites for hydroxylation is 1. The Morgan fingerprint density at radius 1 is 1.46 bits per heavy atom. The van der Waals surface area contributed by atoms with Gasteiger partial charge in [0, 0.05) is 17.8 Å². The highest BCUT2D eigenvalue weighted by atomic mass is 15.1. The molecule has 0 spiro atoms. The van der Waals surface area contributed by atoms with Crippen molar-refractivity contribution in [2.24, 2.45) is 5.73 Å². The lowest BCUT2D eigenvalue weighted by atomic mass is 10.1. The topological polar surface area (TPSA) is 50.9 Å². The molecule has 0 aliphatic heterocycles. The number of nitrogens with one attached hydrogen (secondary N) is 1. The van der Waals surface area contributed by atoms with Crippen molar-refractivity contribution in [2.75, 3.05) is 11.9 Å². The second-order valence-electron chi connectivity index (χ2n) is 3.88. The van der Waals surface area contributed by atoms with E-state index in [2.05, 4.69) is 24.1 Å². The molecule has 3 N–H and O–H groups in total. The van der Waals surface area contributed by atoms with Gasteiger partial charge in [-0.25, -0.2) is 4.98 Å². The van der Waals surface area contributed by atoms with Gasteiger partial charge >= 0.3 is 0 Å². The number of nitrogens with zero attached hydrogens (tertiary/aromatic N) is 1. The first-order valence-electron chi connectivity index (χ1n) is 4.45. The van der Waals surface area contributed by atoms with E-state index in [9.17, 15) is 0 Å². The van der Waals surface area contributed by atoms with Gasteiger partial charge in [0.15, 0.2) is 0 Å². The fourth-order valence-electron chi connectivity index (χ4n) is 1.01. The first-order valence-corrected chi connectivity index (χ1v) is 4.45. The van der Waals surface area contributed by atoms with Gasteiger partial charge in [0.05, 0.1) is 0 Å². The number of hydrogen-bond donors (Lipinski definition) is 2. The average Bonchev–Trinajstić information content (AvgIpc) is 2.03. The number of hydrogen-bond acceptors (Lipinski definition) is 3. The van der Waals surface area contributed by atoms with Gasteiger partial charge in [0.1, 0.15) is 5.82 Å². The molecule has 1 heterocycles. The first kappa shape index (κ1) is 9.99. The molecular formula is C10H17N3. The standard InChI is InChI=1S/C10H17N3/c1-8-5-4-6-9(12-8)13-10(2,3)7-11/h4-6H,7,11H2,1-3H3,(H,12,13). The first-order chi connectivity index (χ1) is 6.03. The Hall–Kier alpha value is -1.09. The van der Waals surface area contributed by atoms with Crippen LogP contribution in [0, 0.1) is 6.92 Å². The summed E-state index contributed by atoms with van der Waals surface area (Å²) in [6, 6.07) is 5.91. The summed E-state index contributed by atoms with van der Waals surface area (Å²) in [6.07, 6.45) is 0. The molecule has 0 saturated heterocycles. The molecular weight excluding hydrogens is 162 g/mol. The summed E-state index contributed by atoms with van der Waals surface area (Å²) in [4.78, 5) is 4.34. The van der Waals surface area contributed by atoms with Crippen LogP contribution in [0.3, 0.4) is 0 Å². The molecule has 0 saturated carbocycles. The Morgan fingerprint density at radius 3 is 2.69 bits per heavy atom. The van der Waals surface area contributed by atoms with Crippen molar-refractivity contribution in [2.45, 2.75) is 26.3 Å². The van der Waals surface area contributed by atoms with Gasteiger partial charge in [-0.15, -0.1) is 0 Å². The minimum atomic E-state index is -0.0964. The molecule has 0 atom stereocenters. The van der Waals surface area contributed by atoms with Crippen molar-refractivity contribution < 1.29 is 0 Å². The second kappa shape index (κ2) is 3.75. The lowest BCUT2D eigenvalue weighted by molar-refractivity contribution is 0.577. The molecule has 3 nitrogen and oxygen atoms in total. The monoisotopic (exact) mass is 179 g/mol. The van der Waals surface area contributed by atoms with Crippen LogP contribution in [-0.2, 0) is 0 Å². The molecule has 0 unspecified atom stereocenters. The Labute approximate surface area is 79.4 Å². The van der Waals surface area contributed by atoms with Gasteiger partial charge in [-0.2, -0.15) is 0 Å². The largest absolute Gasteiger partial charge is 0.364 e.